The molecule has 5 rings (SSSR count). The van der Waals surface area contributed by atoms with E-state index in [2.05, 4.69) is 10.3 Å². The summed E-state index contributed by atoms with van der Waals surface area (Å²) in [4.78, 5) is 57.6. The van der Waals surface area contributed by atoms with Crippen molar-refractivity contribution in [2.45, 2.75) is 45.6 Å². The lowest BCUT2D eigenvalue weighted by molar-refractivity contribution is -0.118. The molecule has 10 nitrogen and oxygen atoms in total. The number of aromatic nitrogens is 2. The minimum absolute atomic E-state index is 0.0374. The van der Waals surface area contributed by atoms with Gasteiger partial charge in [0.05, 0.1) is 17.3 Å². The first kappa shape index (κ1) is 27.5. The highest BCUT2D eigenvalue weighted by Gasteiger charge is 2.28. The molecule has 0 fully saturated rings. The quantitative estimate of drug-likeness (QED) is 0.223. The number of nitrogens with zero attached hydrogens (tertiary/aromatic N) is 2. The maximum absolute atomic E-state index is 13.4. The number of thiophene rings is 2. The number of carbonyl (C=O) groups excluding carboxylic acids is 3. The van der Waals surface area contributed by atoms with Gasteiger partial charge in [0, 0.05) is 4.88 Å². The number of nitrogens with two attached hydrogens (primary N) is 1. The number of amides is 2. The Morgan fingerprint density at radius 1 is 1.12 bits per heavy atom. The Labute approximate surface area is 237 Å². The zero-order valence-electron chi connectivity index (χ0n) is 22.0. The first-order valence-corrected chi connectivity index (χ1v) is 14.5. The summed E-state index contributed by atoms with van der Waals surface area (Å²) in [6.07, 6.45) is 4.87. The summed E-state index contributed by atoms with van der Waals surface area (Å²) < 4.78 is 12.1. The fraction of sp³-hybridized carbons (Fsp3) is 0.321. The summed E-state index contributed by atoms with van der Waals surface area (Å²) in [5.74, 6) is -0.962. The normalized spacial score (nSPS) is 13.4. The number of ether oxygens (including phenoxy) is 2. The minimum Gasteiger partial charge on any atom is -0.490 e. The van der Waals surface area contributed by atoms with Crippen molar-refractivity contribution in [2.75, 3.05) is 18.5 Å². The average molecular weight is 581 g/mol. The third-order valence-corrected chi connectivity index (χ3v) is 9.23. The smallest absolute Gasteiger partial charge is 0.348 e. The van der Waals surface area contributed by atoms with Crippen molar-refractivity contribution in [2.24, 2.45) is 5.73 Å². The van der Waals surface area contributed by atoms with E-state index in [9.17, 15) is 19.2 Å². The largest absolute Gasteiger partial charge is 0.490 e. The van der Waals surface area contributed by atoms with Crippen LogP contribution < -0.4 is 21.3 Å². The molecule has 0 radical (unpaired) electrons. The first-order valence-electron chi connectivity index (χ1n) is 12.9. The molecule has 2 amide bonds. The van der Waals surface area contributed by atoms with Gasteiger partial charge in [-0.05, 0) is 62.8 Å². The van der Waals surface area contributed by atoms with Crippen LogP contribution in [-0.4, -0.2) is 40.5 Å². The van der Waals surface area contributed by atoms with Crippen LogP contribution in [0.15, 0.2) is 41.5 Å². The number of primary amides is 1. The van der Waals surface area contributed by atoms with Crippen LogP contribution in [-0.2, 0) is 22.4 Å². The topological polar surface area (TPSA) is 143 Å². The van der Waals surface area contributed by atoms with Gasteiger partial charge in [0.2, 0.25) is 5.91 Å². The minimum atomic E-state index is -0.936. The summed E-state index contributed by atoms with van der Waals surface area (Å²) in [5, 5.41) is 3.47. The molecule has 0 bridgehead atoms. The third-order valence-electron chi connectivity index (χ3n) is 6.84. The number of rotatable bonds is 9. The molecule has 3 heterocycles. The molecule has 0 saturated heterocycles. The average Bonchev–Trinajstić information content (AvgIpc) is 3.49. The molecule has 0 spiro atoms. The molecule has 1 unspecified atom stereocenters. The molecule has 1 aromatic carbocycles. The Balaban J connectivity index is 1.32. The molecule has 4 aromatic rings. The monoisotopic (exact) mass is 580 g/mol. The summed E-state index contributed by atoms with van der Waals surface area (Å²) >= 11 is 2.42. The maximum Gasteiger partial charge on any atom is 0.348 e. The van der Waals surface area contributed by atoms with Gasteiger partial charge in [0.1, 0.15) is 39.7 Å². The number of anilines is 1. The number of nitrogens with one attached hydrogen (secondary N) is 1. The maximum atomic E-state index is 13.4. The van der Waals surface area contributed by atoms with Gasteiger partial charge in [-0.15, -0.1) is 22.7 Å². The van der Waals surface area contributed by atoms with Crippen LogP contribution in [0.3, 0.4) is 0 Å². The number of hydrogen-bond donors (Lipinski definition) is 2. The van der Waals surface area contributed by atoms with Crippen molar-refractivity contribution in [3.8, 4) is 5.75 Å². The van der Waals surface area contributed by atoms with Gasteiger partial charge >= 0.3 is 5.97 Å². The highest BCUT2D eigenvalue weighted by molar-refractivity contribution is 7.20. The van der Waals surface area contributed by atoms with Crippen molar-refractivity contribution < 1.29 is 23.9 Å². The van der Waals surface area contributed by atoms with E-state index in [4.69, 9.17) is 15.2 Å². The summed E-state index contributed by atoms with van der Waals surface area (Å²) in [6.45, 7) is 3.45. The second-order valence-electron chi connectivity index (χ2n) is 9.44. The van der Waals surface area contributed by atoms with Gasteiger partial charge in [-0.25, -0.2) is 9.78 Å². The molecule has 1 aliphatic carbocycles. The third kappa shape index (κ3) is 5.36. The van der Waals surface area contributed by atoms with E-state index in [1.54, 1.807) is 26.0 Å². The number of aryl methyl sites for hydroxylation is 2. The summed E-state index contributed by atoms with van der Waals surface area (Å²) in [5.41, 5.74) is 6.90. The van der Waals surface area contributed by atoms with Crippen molar-refractivity contribution in [3.05, 3.63) is 73.5 Å². The number of carbonyl (C=O) groups is 3. The molecule has 1 aliphatic rings. The lowest BCUT2D eigenvalue weighted by Gasteiger charge is -2.15. The van der Waals surface area contributed by atoms with Crippen LogP contribution in [0.1, 0.15) is 61.8 Å². The van der Waals surface area contributed by atoms with Gasteiger partial charge in [-0.1, -0.05) is 18.2 Å². The van der Waals surface area contributed by atoms with E-state index in [1.165, 1.54) is 22.2 Å². The Morgan fingerprint density at radius 2 is 1.88 bits per heavy atom. The van der Waals surface area contributed by atoms with E-state index in [1.807, 2.05) is 18.2 Å². The van der Waals surface area contributed by atoms with Crippen molar-refractivity contribution in [1.82, 2.24) is 9.55 Å². The van der Waals surface area contributed by atoms with Crippen LogP contribution in [0.4, 0.5) is 5.00 Å². The molecule has 0 aliphatic heterocycles. The van der Waals surface area contributed by atoms with E-state index in [0.29, 0.717) is 26.7 Å². The van der Waals surface area contributed by atoms with E-state index >= 15 is 0 Å². The van der Waals surface area contributed by atoms with Crippen molar-refractivity contribution >= 4 is 55.7 Å². The second kappa shape index (κ2) is 11.6. The van der Waals surface area contributed by atoms with Crippen LogP contribution in [0.25, 0.3) is 10.2 Å². The van der Waals surface area contributed by atoms with E-state index in [0.717, 1.165) is 47.5 Å². The zero-order chi connectivity index (χ0) is 28.4. The zero-order valence-corrected chi connectivity index (χ0v) is 23.7. The van der Waals surface area contributed by atoms with Crippen LogP contribution in [0.2, 0.25) is 0 Å². The molecule has 0 saturated carbocycles. The lowest BCUT2D eigenvalue weighted by Crippen LogP contribution is -2.32. The van der Waals surface area contributed by atoms with Gasteiger partial charge < -0.3 is 20.5 Å². The Morgan fingerprint density at radius 3 is 2.62 bits per heavy atom. The number of fused-ring (bicyclic) bond motifs is 2. The van der Waals surface area contributed by atoms with Gasteiger partial charge in [-0.2, -0.15) is 0 Å². The van der Waals surface area contributed by atoms with Crippen LogP contribution in [0, 0.1) is 6.92 Å². The SMILES string of the molecule is Cc1c(C(=O)OCCOc2ccccc2)sc2ncn(C(C)C(=O)Nc3sc4c(c3C(N)=O)CCCC4)c(=O)c12. The van der Waals surface area contributed by atoms with Crippen LogP contribution >= 0.6 is 22.7 Å². The molecular weight excluding hydrogens is 552 g/mol. The molecule has 40 heavy (non-hydrogen) atoms. The van der Waals surface area contributed by atoms with Crippen molar-refractivity contribution in [3.63, 3.8) is 0 Å². The Bertz CT molecular complexity index is 1660. The predicted octanol–water partition coefficient (Wildman–Crippen LogP) is 4.24. The van der Waals surface area contributed by atoms with Gasteiger partial charge in [-0.3, -0.25) is 19.0 Å². The number of para-hydroxylation sites is 1. The molecule has 3 N–H and O–H groups in total. The molecule has 1 atom stereocenters. The second-order valence-corrected chi connectivity index (χ2v) is 11.5. The molecule has 208 valence electrons. The standard InChI is InChI=1S/C28H28N4O6S2/c1-15-20-25(40-22(15)28(36)38-13-12-37-17-8-4-3-5-9-17)30-14-32(27(20)35)16(2)24(34)31-26-21(23(29)33)18-10-6-7-11-19(18)39-26/h3-5,8-9,14,16H,6-7,10-13H2,1-2H3,(H2,29,33)(H,31,34). The number of benzene rings is 1. The van der Waals surface area contributed by atoms with Crippen molar-refractivity contribution in [1.29, 1.82) is 0 Å². The van der Waals surface area contributed by atoms with E-state index < -0.39 is 29.4 Å². The lowest BCUT2D eigenvalue weighted by atomic mass is 9.95. The molecule has 12 heteroatoms. The summed E-state index contributed by atoms with van der Waals surface area (Å²) in [7, 11) is 0. The number of hydrogen-bond acceptors (Lipinski definition) is 9. The first-order chi connectivity index (χ1) is 19.3. The van der Waals surface area contributed by atoms with Crippen LogP contribution in [0.5, 0.6) is 5.75 Å². The molecule has 3 aromatic heterocycles. The number of esters is 1. The fourth-order valence-electron chi connectivity index (χ4n) is 4.74. The van der Waals surface area contributed by atoms with Gasteiger partial charge in [0.15, 0.2) is 0 Å². The highest BCUT2D eigenvalue weighted by atomic mass is 32.1. The molecular formula is C28H28N4O6S2. The predicted molar refractivity (Wildman–Crippen MR) is 154 cm³/mol. The van der Waals surface area contributed by atoms with E-state index in [-0.39, 0.29) is 23.5 Å². The fourth-order valence-corrected chi connectivity index (χ4v) is 7.07. The highest BCUT2D eigenvalue weighted by Crippen LogP contribution is 2.38. The summed E-state index contributed by atoms with van der Waals surface area (Å²) in [6, 6.07) is 8.25. The Kier molecular flexibility index (Phi) is 7.99. The van der Waals surface area contributed by atoms with Gasteiger partial charge in [0.25, 0.3) is 11.5 Å². The Hall–Kier alpha value is -4.03.